The van der Waals surface area contributed by atoms with E-state index in [1.165, 1.54) is 16.7 Å². The van der Waals surface area contributed by atoms with Gasteiger partial charge in [-0.2, -0.15) is 0 Å². The first-order valence-corrected chi connectivity index (χ1v) is 11.2. The van der Waals surface area contributed by atoms with Crippen molar-refractivity contribution in [1.29, 1.82) is 0 Å². The summed E-state index contributed by atoms with van der Waals surface area (Å²) in [6.07, 6.45) is 1.58. The first-order chi connectivity index (χ1) is 12.1. The Labute approximate surface area is 158 Å². The number of amides is 1. The van der Waals surface area contributed by atoms with Crippen LogP contribution in [0.4, 0.5) is 0 Å². The van der Waals surface area contributed by atoms with Crippen molar-refractivity contribution in [3.8, 4) is 0 Å². The monoisotopic (exact) mass is 399 g/mol. The van der Waals surface area contributed by atoms with Gasteiger partial charge in [0.15, 0.2) is 9.84 Å². The first-order valence-electron chi connectivity index (χ1n) is 8.67. The normalized spacial score (nSPS) is 21.6. The van der Waals surface area contributed by atoms with E-state index in [0.29, 0.717) is 30.7 Å². The molecule has 0 aromatic heterocycles. The SMILES string of the molecule is CCCS(=O)(=O)c1ccccc1SC(C)C(=O)N1CCCC1(C)C(=O)O. The minimum atomic E-state index is -3.41. The number of carbonyl (C=O) groups excluding carboxylic acids is 1. The van der Waals surface area contributed by atoms with E-state index >= 15 is 0 Å². The van der Waals surface area contributed by atoms with Crippen molar-refractivity contribution in [2.45, 2.75) is 60.6 Å². The van der Waals surface area contributed by atoms with E-state index in [4.69, 9.17) is 0 Å². The third-order valence-corrected chi connectivity index (χ3v) is 7.94. The average molecular weight is 400 g/mol. The zero-order valence-electron chi connectivity index (χ0n) is 15.3. The maximum absolute atomic E-state index is 12.8. The summed E-state index contributed by atoms with van der Waals surface area (Å²) >= 11 is 1.17. The summed E-state index contributed by atoms with van der Waals surface area (Å²) in [5.41, 5.74) is -1.19. The van der Waals surface area contributed by atoms with Gasteiger partial charge >= 0.3 is 5.97 Å². The Balaban J connectivity index is 2.24. The van der Waals surface area contributed by atoms with Crippen LogP contribution in [0.1, 0.15) is 40.0 Å². The summed E-state index contributed by atoms with van der Waals surface area (Å²) in [5, 5.41) is 8.91. The Morgan fingerprint density at radius 2 is 2.00 bits per heavy atom. The highest BCUT2D eigenvalue weighted by atomic mass is 32.2. The zero-order chi connectivity index (χ0) is 19.5. The fourth-order valence-corrected chi connectivity index (χ4v) is 6.08. The fourth-order valence-electron chi connectivity index (χ4n) is 3.18. The van der Waals surface area contributed by atoms with Crippen molar-refractivity contribution in [2.24, 2.45) is 0 Å². The van der Waals surface area contributed by atoms with Gasteiger partial charge in [-0.1, -0.05) is 19.1 Å². The molecule has 1 saturated heterocycles. The minimum absolute atomic E-state index is 0.0517. The van der Waals surface area contributed by atoms with Crippen LogP contribution in [0.25, 0.3) is 0 Å². The lowest BCUT2D eigenvalue weighted by molar-refractivity contribution is -0.155. The first kappa shape index (κ1) is 20.8. The van der Waals surface area contributed by atoms with Crippen molar-refractivity contribution in [2.75, 3.05) is 12.3 Å². The van der Waals surface area contributed by atoms with Crippen LogP contribution in [0.3, 0.4) is 0 Å². The lowest BCUT2D eigenvalue weighted by Crippen LogP contribution is -2.52. The fraction of sp³-hybridized carbons (Fsp3) is 0.556. The van der Waals surface area contributed by atoms with Crippen molar-refractivity contribution in [3.05, 3.63) is 24.3 Å². The smallest absolute Gasteiger partial charge is 0.329 e. The molecule has 6 nitrogen and oxygen atoms in total. The van der Waals surface area contributed by atoms with Crippen LogP contribution in [-0.4, -0.2) is 53.4 Å². The lowest BCUT2D eigenvalue weighted by Gasteiger charge is -2.33. The van der Waals surface area contributed by atoms with E-state index in [-0.39, 0.29) is 16.6 Å². The molecule has 0 aliphatic carbocycles. The maximum Gasteiger partial charge on any atom is 0.329 e. The van der Waals surface area contributed by atoms with Crippen molar-refractivity contribution >= 4 is 33.5 Å². The number of rotatable bonds is 7. The van der Waals surface area contributed by atoms with E-state index in [0.717, 1.165) is 0 Å². The summed E-state index contributed by atoms with van der Waals surface area (Å²) in [5.74, 6) is -1.23. The second kappa shape index (κ2) is 8.00. The Hall–Kier alpha value is -1.54. The summed E-state index contributed by atoms with van der Waals surface area (Å²) in [4.78, 5) is 26.6. The van der Waals surface area contributed by atoms with Gasteiger partial charge in [0, 0.05) is 11.4 Å². The molecule has 1 fully saturated rings. The van der Waals surface area contributed by atoms with E-state index in [2.05, 4.69) is 0 Å². The molecule has 144 valence electrons. The number of sulfone groups is 1. The van der Waals surface area contributed by atoms with Gasteiger partial charge in [-0.15, -0.1) is 11.8 Å². The Morgan fingerprint density at radius 1 is 1.35 bits per heavy atom. The summed E-state index contributed by atoms with van der Waals surface area (Å²) in [6.45, 7) is 5.47. The van der Waals surface area contributed by atoms with Gasteiger partial charge in [0.25, 0.3) is 0 Å². The molecule has 1 N–H and O–H groups in total. The number of benzene rings is 1. The van der Waals surface area contributed by atoms with Crippen molar-refractivity contribution in [1.82, 2.24) is 4.90 Å². The molecule has 1 aromatic carbocycles. The van der Waals surface area contributed by atoms with Gasteiger partial charge in [-0.25, -0.2) is 13.2 Å². The van der Waals surface area contributed by atoms with Gasteiger partial charge in [0.2, 0.25) is 5.91 Å². The molecule has 2 atom stereocenters. The van der Waals surface area contributed by atoms with Gasteiger partial charge < -0.3 is 10.0 Å². The third-order valence-electron chi connectivity index (χ3n) is 4.68. The molecule has 1 heterocycles. The second-order valence-corrected chi connectivity index (χ2v) is 10.2. The number of thioether (sulfide) groups is 1. The van der Waals surface area contributed by atoms with Crippen LogP contribution >= 0.6 is 11.8 Å². The highest BCUT2D eigenvalue weighted by Crippen LogP contribution is 2.35. The molecule has 1 aliphatic heterocycles. The predicted octanol–water partition coefficient (Wildman–Crippen LogP) is 2.82. The molecule has 0 saturated carbocycles. The molecule has 2 rings (SSSR count). The molecule has 0 spiro atoms. The molecule has 0 radical (unpaired) electrons. The van der Waals surface area contributed by atoms with E-state index in [1.807, 2.05) is 0 Å². The minimum Gasteiger partial charge on any atom is -0.480 e. The molecule has 26 heavy (non-hydrogen) atoms. The molecular weight excluding hydrogens is 374 g/mol. The summed E-state index contributed by atoms with van der Waals surface area (Å²) in [6, 6.07) is 6.65. The number of likely N-dealkylation sites (tertiary alicyclic amines) is 1. The standard InChI is InChI=1S/C18H25NO5S2/c1-4-12-26(23,24)15-9-6-5-8-14(15)25-13(2)16(20)19-11-7-10-18(19,3)17(21)22/h5-6,8-9,13H,4,7,10-12H2,1-3H3,(H,21,22). The predicted molar refractivity (Wildman–Crippen MR) is 101 cm³/mol. The molecule has 1 amide bonds. The number of hydrogen-bond donors (Lipinski definition) is 1. The molecule has 1 aromatic rings. The summed E-state index contributed by atoms with van der Waals surface area (Å²) in [7, 11) is -3.41. The van der Waals surface area contributed by atoms with Crippen molar-refractivity contribution in [3.63, 3.8) is 0 Å². The lowest BCUT2D eigenvalue weighted by atomic mass is 9.99. The number of aliphatic carboxylic acids is 1. The number of carboxylic acids is 1. The van der Waals surface area contributed by atoms with E-state index < -0.39 is 26.6 Å². The quantitative estimate of drug-likeness (QED) is 0.709. The average Bonchev–Trinajstić information content (AvgIpc) is 2.97. The maximum atomic E-state index is 12.8. The van der Waals surface area contributed by atoms with Crippen LogP contribution in [0, 0.1) is 0 Å². The van der Waals surface area contributed by atoms with Crippen LogP contribution in [-0.2, 0) is 19.4 Å². The Kier molecular flexibility index (Phi) is 6.39. The topological polar surface area (TPSA) is 91.8 Å². The van der Waals surface area contributed by atoms with Crippen molar-refractivity contribution < 1.29 is 23.1 Å². The molecular formula is C18H25NO5S2. The molecule has 2 unspecified atom stereocenters. The van der Waals surface area contributed by atoms with Gasteiger partial charge in [0.1, 0.15) is 5.54 Å². The highest BCUT2D eigenvalue weighted by molar-refractivity contribution is 8.01. The highest BCUT2D eigenvalue weighted by Gasteiger charge is 2.46. The Bertz CT molecular complexity index is 793. The van der Waals surface area contributed by atoms with E-state index in [1.54, 1.807) is 45.0 Å². The van der Waals surface area contributed by atoms with E-state index in [9.17, 15) is 23.1 Å². The largest absolute Gasteiger partial charge is 0.480 e. The third kappa shape index (κ3) is 4.06. The number of hydrogen-bond acceptors (Lipinski definition) is 5. The Morgan fingerprint density at radius 3 is 2.62 bits per heavy atom. The number of carbonyl (C=O) groups is 2. The van der Waals surface area contributed by atoms with Crippen LogP contribution in [0.15, 0.2) is 34.1 Å². The number of carboxylic acid groups (broad SMARTS) is 1. The van der Waals surface area contributed by atoms with Gasteiger partial charge in [-0.3, -0.25) is 4.79 Å². The summed E-state index contributed by atoms with van der Waals surface area (Å²) < 4.78 is 24.9. The van der Waals surface area contributed by atoms with Crippen LogP contribution < -0.4 is 0 Å². The molecule has 8 heteroatoms. The second-order valence-electron chi connectivity index (χ2n) is 6.70. The number of nitrogens with zero attached hydrogens (tertiary/aromatic N) is 1. The molecule has 1 aliphatic rings. The zero-order valence-corrected chi connectivity index (χ0v) is 16.9. The molecule has 0 bridgehead atoms. The van der Waals surface area contributed by atoms with Crippen LogP contribution in [0.2, 0.25) is 0 Å². The van der Waals surface area contributed by atoms with Gasteiger partial charge in [0.05, 0.1) is 15.9 Å². The van der Waals surface area contributed by atoms with Crippen LogP contribution in [0.5, 0.6) is 0 Å². The van der Waals surface area contributed by atoms with Gasteiger partial charge in [-0.05, 0) is 45.2 Å².